The van der Waals surface area contributed by atoms with E-state index in [1.165, 1.54) is 48.5 Å². The molecule has 3 aromatic carbocycles. The fraction of sp³-hybridized carbons (Fsp3) is 0.0870. The summed E-state index contributed by atoms with van der Waals surface area (Å²) in [5, 5.41) is 1.98. The number of carbonyl (C=O) groups excluding carboxylic acids is 3. The van der Waals surface area contributed by atoms with Gasteiger partial charge in [0.25, 0.3) is 0 Å². The van der Waals surface area contributed by atoms with Gasteiger partial charge in [0.15, 0.2) is 17.6 Å². The van der Waals surface area contributed by atoms with Crippen molar-refractivity contribution in [3.8, 4) is 0 Å². The average Bonchev–Trinajstić information content (AvgIpc) is 2.81. The molecule has 0 saturated carbocycles. The lowest BCUT2D eigenvalue weighted by Crippen LogP contribution is -2.55. The minimum Gasteiger partial charge on any atom is -0.324 e. The largest absolute Gasteiger partial charge is 0.324 e. The van der Waals surface area contributed by atoms with Gasteiger partial charge in [-0.25, -0.2) is 12.8 Å². The molecule has 0 saturated heterocycles. The SMILES string of the molecule is O=C(CN1C(C(=O)c2ccccc2)C(=O)c2ccccc2S1(=O)=O)Nc1cccc(F)c1Cl. The summed E-state index contributed by atoms with van der Waals surface area (Å²) in [5.74, 6) is -3.19. The number of carbonyl (C=O) groups is 3. The van der Waals surface area contributed by atoms with Gasteiger partial charge in [-0.15, -0.1) is 0 Å². The number of halogens is 2. The van der Waals surface area contributed by atoms with Crippen LogP contribution in [-0.4, -0.2) is 42.8 Å². The highest BCUT2D eigenvalue weighted by molar-refractivity contribution is 7.89. The van der Waals surface area contributed by atoms with E-state index in [9.17, 15) is 27.2 Å². The first-order valence-electron chi connectivity index (χ1n) is 9.70. The lowest BCUT2D eigenvalue weighted by atomic mass is 9.96. The second-order valence-electron chi connectivity index (χ2n) is 7.19. The highest BCUT2D eigenvalue weighted by atomic mass is 35.5. The molecule has 10 heteroatoms. The lowest BCUT2D eigenvalue weighted by Gasteiger charge is -2.33. The molecule has 4 rings (SSSR count). The number of amides is 1. The van der Waals surface area contributed by atoms with E-state index in [0.29, 0.717) is 4.31 Å². The van der Waals surface area contributed by atoms with E-state index in [0.717, 1.165) is 6.07 Å². The number of anilines is 1. The molecule has 0 spiro atoms. The third kappa shape index (κ3) is 4.18. The number of hydrogen-bond donors (Lipinski definition) is 1. The molecule has 7 nitrogen and oxygen atoms in total. The van der Waals surface area contributed by atoms with Gasteiger partial charge in [-0.1, -0.05) is 60.1 Å². The quantitative estimate of drug-likeness (QED) is 0.439. The molecule has 0 aromatic heterocycles. The number of sulfonamides is 1. The standard InChI is InChI=1S/C23H16ClFN2O5S/c24-20-16(25)10-6-11-17(20)26-19(28)13-27-21(22(29)14-7-2-1-3-8-14)23(30)15-9-4-5-12-18(15)33(27,31)32/h1-12,21H,13H2,(H,26,28). The number of fused-ring (bicyclic) bond motifs is 1. The van der Waals surface area contributed by atoms with Crippen molar-refractivity contribution in [1.29, 1.82) is 0 Å². The van der Waals surface area contributed by atoms with Gasteiger partial charge >= 0.3 is 0 Å². The van der Waals surface area contributed by atoms with Crippen molar-refractivity contribution in [1.82, 2.24) is 4.31 Å². The average molecular weight is 487 g/mol. The maximum Gasteiger partial charge on any atom is 0.245 e. The minimum atomic E-state index is -4.40. The number of nitrogens with zero attached hydrogens (tertiary/aromatic N) is 1. The van der Waals surface area contributed by atoms with Crippen LogP contribution in [0.5, 0.6) is 0 Å². The van der Waals surface area contributed by atoms with Crippen molar-refractivity contribution >= 4 is 44.8 Å². The van der Waals surface area contributed by atoms with E-state index in [1.54, 1.807) is 18.2 Å². The fourth-order valence-electron chi connectivity index (χ4n) is 3.56. The second kappa shape index (κ2) is 8.86. The van der Waals surface area contributed by atoms with E-state index in [4.69, 9.17) is 11.6 Å². The molecule has 0 aliphatic carbocycles. The third-order valence-electron chi connectivity index (χ3n) is 5.11. The Hall–Kier alpha value is -3.40. The van der Waals surface area contributed by atoms with Crippen molar-refractivity contribution in [3.63, 3.8) is 0 Å². The van der Waals surface area contributed by atoms with E-state index in [-0.39, 0.29) is 26.7 Å². The van der Waals surface area contributed by atoms with Crippen LogP contribution >= 0.6 is 11.6 Å². The summed E-state index contributed by atoms with van der Waals surface area (Å²) in [6.07, 6.45) is 0. The predicted molar refractivity (Wildman–Crippen MR) is 119 cm³/mol. The Bertz CT molecular complexity index is 1380. The van der Waals surface area contributed by atoms with Crippen LogP contribution < -0.4 is 5.32 Å². The predicted octanol–water partition coefficient (Wildman–Crippen LogP) is 3.56. The molecule has 1 atom stereocenters. The minimum absolute atomic E-state index is 0.0752. The van der Waals surface area contributed by atoms with Gasteiger partial charge in [-0.3, -0.25) is 14.4 Å². The zero-order valence-corrected chi connectivity index (χ0v) is 18.4. The van der Waals surface area contributed by atoms with Crippen LogP contribution in [0.15, 0.2) is 77.7 Å². The van der Waals surface area contributed by atoms with Crippen molar-refractivity contribution in [2.75, 3.05) is 11.9 Å². The second-order valence-corrected chi connectivity index (χ2v) is 9.43. The van der Waals surface area contributed by atoms with Crippen LogP contribution in [0.2, 0.25) is 5.02 Å². The molecule has 1 heterocycles. The number of Topliss-reactive ketones (excluding diaryl/α,β-unsaturated/α-hetero) is 2. The Labute approximate surface area is 193 Å². The highest BCUT2D eigenvalue weighted by Gasteiger charge is 2.48. The van der Waals surface area contributed by atoms with Gasteiger partial charge in [0, 0.05) is 11.1 Å². The lowest BCUT2D eigenvalue weighted by molar-refractivity contribution is -0.116. The molecule has 168 valence electrons. The van der Waals surface area contributed by atoms with Gasteiger partial charge in [0.2, 0.25) is 15.9 Å². The summed E-state index contributed by atoms with van der Waals surface area (Å²) >= 11 is 5.86. The first kappa shape index (κ1) is 22.8. The fourth-order valence-corrected chi connectivity index (χ4v) is 5.44. The third-order valence-corrected chi connectivity index (χ3v) is 7.36. The van der Waals surface area contributed by atoms with Crippen molar-refractivity contribution in [3.05, 3.63) is 94.8 Å². The molecular formula is C23H16ClFN2O5S. The molecule has 3 aromatic rings. The van der Waals surface area contributed by atoms with Crippen LogP contribution in [0, 0.1) is 5.82 Å². The maximum atomic E-state index is 13.7. The molecule has 1 aliphatic heterocycles. The summed E-state index contributed by atoms with van der Waals surface area (Å²) in [5.41, 5.74) is -0.0886. The topological polar surface area (TPSA) is 101 Å². The number of hydrogen-bond acceptors (Lipinski definition) is 5. The summed E-state index contributed by atoms with van der Waals surface area (Å²) in [7, 11) is -4.40. The van der Waals surface area contributed by atoms with Crippen LogP contribution in [0.3, 0.4) is 0 Å². The molecule has 1 aliphatic rings. The van der Waals surface area contributed by atoms with Gasteiger partial charge < -0.3 is 5.32 Å². The van der Waals surface area contributed by atoms with E-state index in [1.807, 2.05) is 0 Å². The highest BCUT2D eigenvalue weighted by Crippen LogP contribution is 2.32. The maximum absolute atomic E-state index is 13.7. The molecule has 1 amide bonds. The Kier molecular flexibility index (Phi) is 6.11. The van der Waals surface area contributed by atoms with Crippen molar-refractivity contribution in [2.45, 2.75) is 10.9 Å². The first-order valence-corrected chi connectivity index (χ1v) is 11.5. The Balaban J connectivity index is 1.75. The Morgan fingerprint density at radius 3 is 2.36 bits per heavy atom. The van der Waals surface area contributed by atoms with Crippen LogP contribution in [0.4, 0.5) is 10.1 Å². The smallest absolute Gasteiger partial charge is 0.245 e. The summed E-state index contributed by atoms with van der Waals surface area (Å²) in [6.45, 7) is -0.863. The van der Waals surface area contributed by atoms with Crippen molar-refractivity contribution in [2.24, 2.45) is 0 Å². The van der Waals surface area contributed by atoms with E-state index in [2.05, 4.69) is 5.32 Å². The normalized spacial score (nSPS) is 17.3. The van der Waals surface area contributed by atoms with Crippen LogP contribution in [0.25, 0.3) is 0 Å². The van der Waals surface area contributed by atoms with Gasteiger partial charge in [0.05, 0.1) is 22.2 Å². The first-order chi connectivity index (χ1) is 15.7. The monoisotopic (exact) mass is 486 g/mol. The molecular weight excluding hydrogens is 471 g/mol. The molecule has 1 unspecified atom stereocenters. The molecule has 0 bridgehead atoms. The van der Waals surface area contributed by atoms with E-state index >= 15 is 0 Å². The number of benzene rings is 3. The number of nitrogens with one attached hydrogen (secondary N) is 1. The molecule has 0 fully saturated rings. The zero-order chi connectivity index (χ0) is 23.8. The zero-order valence-electron chi connectivity index (χ0n) is 16.9. The Morgan fingerprint density at radius 1 is 0.970 bits per heavy atom. The number of rotatable bonds is 5. The summed E-state index contributed by atoms with van der Waals surface area (Å²) in [4.78, 5) is 38.9. The van der Waals surface area contributed by atoms with Gasteiger partial charge in [-0.2, -0.15) is 4.31 Å². The molecule has 1 N–H and O–H groups in total. The van der Waals surface area contributed by atoms with E-state index < -0.39 is 45.9 Å². The van der Waals surface area contributed by atoms with Crippen LogP contribution in [-0.2, 0) is 14.8 Å². The Morgan fingerprint density at radius 2 is 1.64 bits per heavy atom. The summed E-state index contributed by atoms with van der Waals surface area (Å²) < 4.78 is 41.0. The summed E-state index contributed by atoms with van der Waals surface area (Å²) in [6, 6.07) is 15.2. The van der Waals surface area contributed by atoms with Crippen molar-refractivity contribution < 1.29 is 27.2 Å². The van der Waals surface area contributed by atoms with Crippen LogP contribution in [0.1, 0.15) is 20.7 Å². The number of ketones is 2. The molecule has 0 radical (unpaired) electrons. The van der Waals surface area contributed by atoms with Gasteiger partial charge in [0.1, 0.15) is 5.82 Å². The molecule has 33 heavy (non-hydrogen) atoms. The van der Waals surface area contributed by atoms with Gasteiger partial charge in [-0.05, 0) is 24.3 Å².